The third kappa shape index (κ3) is 2.55. The van der Waals surface area contributed by atoms with Gasteiger partial charge in [0, 0.05) is 26.7 Å². The Hall–Kier alpha value is -1.78. The second-order valence-electron chi connectivity index (χ2n) is 4.51. The summed E-state index contributed by atoms with van der Waals surface area (Å²) >= 11 is 0. The van der Waals surface area contributed by atoms with Crippen LogP contribution in [0.1, 0.15) is 12.8 Å². The summed E-state index contributed by atoms with van der Waals surface area (Å²) in [5.41, 5.74) is 1.36. The Kier molecular flexibility index (Phi) is 3.69. The van der Waals surface area contributed by atoms with Gasteiger partial charge in [-0.25, -0.2) is 4.39 Å². The molecule has 0 spiro atoms. The van der Waals surface area contributed by atoms with Crippen LogP contribution in [0.15, 0.2) is 18.2 Å². The molecule has 1 N–H and O–H groups in total. The molecule has 0 atom stereocenters. The van der Waals surface area contributed by atoms with Crippen LogP contribution in [0.4, 0.5) is 15.8 Å². The van der Waals surface area contributed by atoms with Gasteiger partial charge in [0.2, 0.25) is 0 Å². The molecular formula is C13H17FN2O2. The van der Waals surface area contributed by atoms with E-state index in [1.807, 2.05) is 22.9 Å². The van der Waals surface area contributed by atoms with E-state index in [1.54, 1.807) is 6.07 Å². The zero-order chi connectivity index (χ0) is 13.1. The third-order valence-electron chi connectivity index (χ3n) is 3.21. The summed E-state index contributed by atoms with van der Waals surface area (Å²) in [6, 6.07) is 4.96. The van der Waals surface area contributed by atoms with Gasteiger partial charge in [0.05, 0.1) is 17.8 Å². The second-order valence-corrected chi connectivity index (χ2v) is 4.51. The van der Waals surface area contributed by atoms with E-state index in [2.05, 4.69) is 0 Å². The summed E-state index contributed by atoms with van der Waals surface area (Å²) in [6.07, 6.45) is 0.962. The third-order valence-corrected chi connectivity index (χ3v) is 3.21. The van der Waals surface area contributed by atoms with Crippen LogP contribution in [0.5, 0.6) is 0 Å². The standard InChI is InChI=1S/C13H17FN2O2/c1-15-7-3-8-16(9-6-12(17)18)11-5-2-4-10(14)13(11)15/h2,4-5H,3,6-9H2,1H3,(H,17,18). The van der Waals surface area contributed by atoms with Crippen molar-refractivity contribution in [1.29, 1.82) is 0 Å². The van der Waals surface area contributed by atoms with Crippen molar-refractivity contribution in [2.24, 2.45) is 0 Å². The lowest BCUT2D eigenvalue weighted by atomic mass is 10.2. The molecule has 1 aliphatic heterocycles. The highest BCUT2D eigenvalue weighted by Gasteiger charge is 2.21. The summed E-state index contributed by atoms with van der Waals surface area (Å²) in [5, 5.41) is 8.76. The van der Waals surface area contributed by atoms with Gasteiger partial charge in [-0.15, -0.1) is 0 Å². The highest BCUT2D eigenvalue weighted by atomic mass is 19.1. The number of hydrogen-bond acceptors (Lipinski definition) is 3. The first kappa shape index (κ1) is 12.7. The first-order valence-corrected chi connectivity index (χ1v) is 6.06. The minimum Gasteiger partial charge on any atom is -0.481 e. The van der Waals surface area contributed by atoms with E-state index in [-0.39, 0.29) is 12.2 Å². The molecule has 0 aromatic heterocycles. The highest BCUT2D eigenvalue weighted by Crippen LogP contribution is 2.33. The molecule has 0 saturated heterocycles. The van der Waals surface area contributed by atoms with E-state index in [9.17, 15) is 9.18 Å². The zero-order valence-electron chi connectivity index (χ0n) is 10.4. The average Bonchev–Trinajstić information content (AvgIpc) is 2.47. The molecule has 0 saturated carbocycles. The second kappa shape index (κ2) is 5.25. The molecule has 18 heavy (non-hydrogen) atoms. The molecule has 1 aliphatic rings. The molecular weight excluding hydrogens is 235 g/mol. The maximum absolute atomic E-state index is 13.9. The topological polar surface area (TPSA) is 43.8 Å². The largest absolute Gasteiger partial charge is 0.481 e. The summed E-state index contributed by atoms with van der Waals surface area (Å²) in [6.45, 7) is 1.95. The van der Waals surface area contributed by atoms with Crippen LogP contribution >= 0.6 is 0 Å². The summed E-state index contributed by atoms with van der Waals surface area (Å²) in [4.78, 5) is 14.5. The fraction of sp³-hybridized carbons (Fsp3) is 0.462. The van der Waals surface area contributed by atoms with Crippen LogP contribution in [0.2, 0.25) is 0 Å². The Balaban J connectivity index is 2.31. The Morgan fingerprint density at radius 2 is 2.22 bits per heavy atom. The zero-order valence-corrected chi connectivity index (χ0v) is 10.4. The molecule has 0 aliphatic carbocycles. The molecule has 0 unspecified atom stereocenters. The number of para-hydroxylation sites is 1. The Morgan fingerprint density at radius 3 is 2.94 bits per heavy atom. The molecule has 98 valence electrons. The molecule has 0 fully saturated rings. The Morgan fingerprint density at radius 1 is 1.44 bits per heavy atom. The van der Waals surface area contributed by atoms with Crippen molar-refractivity contribution in [3.63, 3.8) is 0 Å². The van der Waals surface area contributed by atoms with Crippen LogP contribution in [-0.2, 0) is 4.79 Å². The van der Waals surface area contributed by atoms with Crippen molar-refractivity contribution in [2.45, 2.75) is 12.8 Å². The van der Waals surface area contributed by atoms with E-state index >= 15 is 0 Å². The molecule has 0 amide bonds. The summed E-state index contributed by atoms with van der Waals surface area (Å²) in [5.74, 6) is -1.08. The van der Waals surface area contributed by atoms with Crippen molar-refractivity contribution in [1.82, 2.24) is 0 Å². The fourth-order valence-electron chi connectivity index (χ4n) is 2.33. The minimum atomic E-state index is -0.828. The van der Waals surface area contributed by atoms with E-state index in [4.69, 9.17) is 5.11 Å². The predicted octanol–water partition coefficient (Wildman–Crippen LogP) is 1.95. The molecule has 2 rings (SSSR count). The van der Waals surface area contributed by atoms with Gasteiger partial charge in [-0.3, -0.25) is 4.79 Å². The van der Waals surface area contributed by atoms with E-state index < -0.39 is 5.97 Å². The van der Waals surface area contributed by atoms with E-state index in [0.717, 1.165) is 25.2 Å². The SMILES string of the molecule is CN1CCCN(CCC(=O)O)c2cccc(F)c21. The molecule has 0 bridgehead atoms. The smallest absolute Gasteiger partial charge is 0.305 e. The van der Waals surface area contributed by atoms with Gasteiger partial charge < -0.3 is 14.9 Å². The normalized spacial score (nSPS) is 15.2. The molecule has 0 radical (unpaired) electrons. The summed E-state index contributed by atoms with van der Waals surface area (Å²) < 4.78 is 13.9. The number of carbonyl (C=O) groups is 1. The van der Waals surface area contributed by atoms with Gasteiger partial charge in [-0.05, 0) is 18.6 Å². The molecule has 4 nitrogen and oxygen atoms in total. The van der Waals surface area contributed by atoms with Crippen molar-refractivity contribution in [3.8, 4) is 0 Å². The molecule has 1 aromatic rings. The first-order chi connectivity index (χ1) is 8.59. The van der Waals surface area contributed by atoms with Crippen molar-refractivity contribution >= 4 is 17.3 Å². The van der Waals surface area contributed by atoms with Crippen molar-refractivity contribution < 1.29 is 14.3 Å². The summed E-state index contributed by atoms with van der Waals surface area (Å²) in [7, 11) is 1.86. The number of nitrogens with zero attached hydrogens (tertiary/aromatic N) is 2. The van der Waals surface area contributed by atoms with Crippen molar-refractivity contribution in [3.05, 3.63) is 24.0 Å². The Labute approximate surface area is 106 Å². The lowest BCUT2D eigenvalue weighted by Crippen LogP contribution is -2.26. The first-order valence-electron chi connectivity index (χ1n) is 6.06. The Bertz CT molecular complexity index is 451. The van der Waals surface area contributed by atoms with Crippen LogP contribution in [0.3, 0.4) is 0 Å². The number of aliphatic carboxylic acids is 1. The van der Waals surface area contributed by atoms with Gasteiger partial charge in [0.1, 0.15) is 5.82 Å². The molecule has 1 aromatic carbocycles. The number of fused-ring (bicyclic) bond motifs is 1. The number of rotatable bonds is 3. The van der Waals surface area contributed by atoms with Gasteiger partial charge in [-0.1, -0.05) is 6.07 Å². The van der Waals surface area contributed by atoms with E-state index in [1.165, 1.54) is 6.07 Å². The fourth-order valence-corrected chi connectivity index (χ4v) is 2.33. The number of halogens is 1. The van der Waals surface area contributed by atoms with Gasteiger partial charge in [-0.2, -0.15) is 0 Å². The number of anilines is 2. The predicted molar refractivity (Wildman–Crippen MR) is 68.8 cm³/mol. The lowest BCUT2D eigenvalue weighted by molar-refractivity contribution is -0.136. The van der Waals surface area contributed by atoms with Crippen LogP contribution in [0, 0.1) is 5.82 Å². The van der Waals surface area contributed by atoms with Gasteiger partial charge in [0.25, 0.3) is 0 Å². The number of carboxylic acids is 1. The van der Waals surface area contributed by atoms with Crippen molar-refractivity contribution in [2.75, 3.05) is 36.5 Å². The maximum Gasteiger partial charge on any atom is 0.305 e. The molecule has 1 heterocycles. The number of hydrogen-bond donors (Lipinski definition) is 1. The van der Waals surface area contributed by atoms with Gasteiger partial charge >= 0.3 is 5.97 Å². The monoisotopic (exact) mass is 252 g/mol. The lowest BCUT2D eigenvalue weighted by Gasteiger charge is -2.25. The van der Waals surface area contributed by atoms with E-state index in [0.29, 0.717) is 12.2 Å². The quantitative estimate of drug-likeness (QED) is 0.893. The highest BCUT2D eigenvalue weighted by molar-refractivity contribution is 5.74. The van der Waals surface area contributed by atoms with Gasteiger partial charge in [0.15, 0.2) is 0 Å². The number of benzene rings is 1. The average molecular weight is 252 g/mol. The van der Waals surface area contributed by atoms with Crippen LogP contribution < -0.4 is 9.80 Å². The maximum atomic E-state index is 13.9. The van der Waals surface area contributed by atoms with Crippen LogP contribution in [-0.4, -0.2) is 37.8 Å². The number of carboxylic acid groups (broad SMARTS) is 1. The van der Waals surface area contributed by atoms with Crippen LogP contribution in [0.25, 0.3) is 0 Å². The minimum absolute atomic E-state index is 0.0691. The molecule has 5 heteroatoms.